The molecule has 1 saturated carbocycles. The minimum Gasteiger partial charge on any atom is -0.339 e. The number of hydrogen-bond donors (Lipinski definition) is 2. The van der Waals surface area contributed by atoms with Crippen molar-refractivity contribution < 1.29 is 18.0 Å². The molecule has 28 heavy (non-hydrogen) atoms. The molecule has 0 spiro atoms. The van der Waals surface area contributed by atoms with Crippen molar-refractivity contribution >= 4 is 27.5 Å². The van der Waals surface area contributed by atoms with Crippen molar-refractivity contribution in [2.75, 3.05) is 11.9 Å². The smallest absolute Gasteiger partial charge is 0.240 e. The lowest BCUT2D eigenvalue weighted by Crippen LogP contribution is -2.35. The van der Waals surface area contributed by atoms with Crippen LogP contribution in [0.1, 0.15) is 52.4 Å². The number of likely N-dealkylation sites (tertiary alicyclic amines) is 1. The van der Waals surface area contributed by atoms with Crippen LogP contribution in [0.15, 0.2) is 29.2 Å². The molecule has 1 heterocycles. The molecule has 154 valence electrons. The van der Waals surface area contributed by atoms with Gasteiger partial charge < -0.3 is 10.2 Å². The molecule has 8 heteroatoms. The van der Waals surface area contributed by atoms with Gasteiger partial charge in [-0.2, -0.15) is 0 Å². The van der Waals surface area contributed by atoms with Crippen LogP contribution in [0, 0.1) is 5.92 Å². The van der Waals surface area contributed by atoms with Crippen LogP contribution in [-0.2, 0) is 19.6 Å². The predicted octanol–water partition coefficient (Wildman–Crippen LogP) is 2.49. The number of amides is 2. The van der Waals surface area contributed by atoms with E-state index < -0.39 is 10.0 Å². The number of sulfonamides is 1. The van der Waals surface area contributed by atoms with Crippen LogP contribution >= 0.6 is 0 Å². The van der Waals surface area contributed by atoms with Gasteiger partial charge in [-0.3, -0.25) is 9.59 Å². The van der Waals surface area contributed by atoms with E-state index in [2.05, 4.69) is 10.0 Å². The van der Waals surface area contributed by atoms with E-state index in [1.54, 1.807) is 12.1 Å². The topological polar surface area (TPSA) is 95.6 Å². The van der Waals surface area contributed by atoms with E-state index in [1.165, 1.54) is 12.1 Å². The standard InChI is InChI=1S/C20H29N3O4S/c1-3-14(2)22-28(26,27)18-10-8-16(9-11-18)21-20(25)15-12-19(24)23(13-15)17-6-4-5-7-17/h8-11,14-15,17,22H,3-7,12-13H2,1-2H3,(H,21,25). The van der Waals surface area contributed by atoms with Crippen LogP contribution in [0.25, 0.3) is 0 Å². The van der Waals surface area contributed by atoms with E-state index in [4.69, 9.17) is 0 Å². The lowest BCUT2D eigenvalue weighted by Gasteiger charge is -2.23. The average Bonchev–Trinajstić information content (AvgIpc) is 3.31. The van der Waals surface area contributed by atoms with Gasteiger partial charge in [-0.25, -0.2) is 13.1 Å². The second-order valence-corrected chi connectivity index (χ2v) is 9.54. The molecule has 2 atom stereocenters. The summed E-state index contributed by atoms with van der Waals surface area (Å²) in [6, 6.07) is 6.25. The molecule has 1 aromatic carbocycles. The summed E-state index contributed by atoms with van der Waals surface area (Å²) < 4.78 is 27.2. The van der Waals surface area contributed by atoms with Gasteiger partial charge in [0.05, 0.1) is 10.8 Å². The summed E-state index contributed by atoms with van der Waals surface area (Å²) in [5.74, 6) is -0.490. The van der Waals surface area contributed by atoms with Gasteiger partial charge in [0.2, 0.25) is 21.8 Å². The average molecular weight is 408 g/mol. The van der Waals surface area contributed by atoms with Gasteiger partial charge in [0, 0.05) is 30.7 Å². The fourth-order valence-corrected chi connectivity index (χ4v) is 5.18. The third-order valence-corrected chi connectivity index (χ3v) is 7.30. The number of carbonyl (C=O) groups is 2. The van der Waals surface area contributed by atoms with Gasteiger partial charge in [-0.15, -0.1) is 0 Å². The van der Waals surface area contributed by atoms with E-state index >= 15 is 0 Å². The van der Waals surface area contributed by atoms with E-state index in [-0.39, 0.29) is 41.1 Å². The summed E-state index contributed by atoms with van der Waals surface area (Å²) in [4.78, 5) is 26.9. The van der Waals surface area contributed by atoms with Gasteiger partial charge in [0.1, 0.15) is 0 Å². The van der Waals surface area contributed by atoms with Gasteiger partial charge in [0.15, 0.2) is 0 Å². The molecule has 0 bridgehead atoms. The summed E-state index contributed by atoms with van der Waals surface area (Å²) >= 11 is 0. The maximum atomic E-state index is 12.6. The summed E-state index contributed by atoms with van der Waals surface area (Å²) in [7, 11) is -3.57. The lowest BCUT2D eigenvalue weighted by atomic mass is 10.1. The van der Waals surface area contributed by atoms with E-state index in [9.17, 15) is 18.0 Å². The molecule has 1 aliphatic heterocycles. The van der Waals surface area contributed by atoms with Crippen molar-refractivity contribution in [2.24, 2.45) is 5.92 Å². The molecule has 1 aliphatic carbocycles. The maximum Gasteiger partial charge on any atom is 0.240 e. The van der Waals surface area contributed by atoms with Crippen molar-refractivity contribution in [1.82, 2.24) is 9.62 Å². The predicted molar refractivity (Wildman–Crippen MR) is 107 cm³/mol. The normalized spacial score (nSPS) is 21.9. The zero-order valence-electron chi connectivity index (χ0n) is 16.5. The number of benzene rings is 1. The zero-order chi connectivity index (χ0) is 20.3. The van der Waals surface area contributed by atoms with Crippen LogP contribution in [-0.4, -0.2) is 43.8 Å². The SMILES string of the molecule is CCC(C)NS(=O)(=O)c1ccc(NC(=O)C2CC(=O)N(C3CCCC3)C2)cc1. The highest BCUT2D eigenvalue weighted by Gasteiger charge is 2.38. The van der Waals surface area contributed by atoms with E-state index in [0.717, 1.165) is 25.7 Å². The van der Waals surface area contributed by atoms with Crippen LogP contribution in [0.2, 0.25) is 0 Å². The molecule has 7 nitrogen and oxygen atoms in total. The molecule has 2 N–H and O–H groups in total. The van der Waals surface area contributed by atoms with Crippen LogP contribution in [0.5, 0.6) is 0 Å². The van der Waals surface area contributed by atoms with E-state index in [1.807, 2.05) is 18.7 Å². The Hall–Kier alpha value is -1.93. The fourth-order valence-electron chi connectivity index (χ4n) is 3.85. The number of nitrogens with zero attached hydrogens (tertiary/aromatic N) is 1. The van der Waals surface area contributed by atoms with Crippen molar-refractivity contribution in [2.45, 2.75) is 69.4 Å². The Kier molecular flexibility index (Phi) is 6.40. The third kappa shape index (κ3) is 4.72. The number of nitrogens with one attached hydrogen (secondary N) is 2. The lowest BCUT2D eigenvalue weighted by molar-refractivity contribution is -0.129. The number of hydrogen-bond acceptors (Lipinski definition) is 4. The fraction of sp³-hybridized carbons (Fsp3) is 0.600. The highest BCUT2D eigenvalue weighted by molar-refractivity contribution is 7.89. The highest BCUT2D eigenvalue weighted by Crippen LogP contribution is 2.30. The minimum atomic E-state index is -3.57. The molecular weight excluding hydrogens is 378 g/mol. The Morgan fingerprint density at radius 2 is 1.86 bits per heavy atom. The molecule has 2 unspecified atom stereocenters. The summed E-state index contributed by atoms with van der Waals surface area (Å²) in [6.07, 6.45) is 5.29. The summed E-state index contributed by atoms with van der Waals surface area (Å²) in [5.41, 5.74) is 0.527. The van der Waals surface area contributed by atoms with Gasteiger partial charge in [-0.1, -0.05) is 19.8 Å². The number of rotatable bonds is 7. The Labute approximate surface area is 166 Å². The maximum absolute atomic E-state index is 12.6. The highest BCUT2D eigenvalue weighted by atomic mass is 32.2. The third-order valence-electron chi connectivity index (χ3n) is 5.70. The second-order valence-electron chi connectivity index (χ2n) is 7.83. The summed E-state index contributed by atoms with van der Waals surface area (Å²) in [6.45, 7) is 4.19. The first-order chi connectivity index (χ1) is 13.3. The Balaban J connectivity index is 1.59. The summed E-state index contributed by atoms with van der Waals surface area (Å²) in [5, 5.41) is 2.81. The van der Waals surface area contributed by atoms with E-state index in [0.29, 0.717) is 18.7 Å². The zero-order valence-corrected chi connectivity index (χ0v) is 17.3. The van der Waals surface area contributed by atoms with Gasteiger partial charge in [-0.05, 0) is 50.5 Å². The number of carbonyl (C=O) groups excluding carboxylic acids is 2. The van der Waals surface area contributed by atoms with Crippen molar-refractivity contribution in [3.8, 4) is 0 Å². The number of anilines is 1. The molecule has 2 aliphatic rings. The van der Waals surface area contributed by atoms with Crippen LogP contribution in [0.4, 0.5) is 5.69 Å². The first-order valence-electron chi connectivity index (χ1n) is 10.0. The Morgan fingerprint density at radius 3 is 2.46 bits per heavy atom. The van der Waals surface area contributed by atoms with Gasteiger partial charge in [0.25, 0.3) is 0 Å². The largest absolute Gasteiger partial charge is 0.339 e. The molecular formula is C20H29N3O4S. The first-order valence-corrected chi connectivity index (χ1v) is 11.5. The molecule has 2 fully saturated rings. The molecule has 0 aromatic heterocycles. The quantitative estimate of drug-likeness (QED) is 0.726. The Morgan fingerprint density at radius 1 is 1.21 bits per heavy atom. The van der Waals surface area contributed by atoms with Crippen LogP contribution in [0.3, 0.4) is 0 Å². The minimum absolute atomic E-state index is 0.0598. The van der Waals surface area contributed by atoms with Crippen molar-refractivity contribution in [3.05, 3.63) is 24.3 Å². The Bertz CT molecular complexity index is 816. The van der Waals surface area contributed by atoms with Crippen molar-refractivity contribution in [3.63, 3.8) is 0 Å². The molecule has 1 saturated heterocycles. The monoisotopic (exact) mass is 407 g/mol. The molecule has 2 amide bonds. The van der Waals surface area contributed by atoms with Gasteiger partial charge >= 0.3 is 0 Å². The second kappa shape index (κ2) is 8.61. The first kappa shape index (κ1) is 20.8. The van der Waals surface area contributed by atoms with Crippen molar-refractivity contribution in [1.29, 1.82) is 0 Å². The van der Waals surface area contributed by atoms with Crippen LogP contribution < -0.4 is 10.0 Å². The molecule has 3 rings (SSSR count). The molecule has 1 aromatic rings. The molecule has 0 radical (unpaired) electrons.